The number of rotatable bonds is 6. The van der Waals surface area contributed by atoms with Gasteiger partial charge in [0.2, 0.25) is 0 Å². The minimum Gasteiger partial charge on any atom is -0.0593 e. The molecular weight excluding hydrogens is 175 g/mol. The molecule has 0 rings (SSSR count). The van der Waals surface area contributed by atoms with E-state index < -0.39 is 0 Å². The molecule has 0 aliphatic rings. The van der Waals surface area contributed by atoms with Crippen molar-refractivity contribution < 1.29 is 0 Å². The van der Waals surface area contributed by atoms with Crippen LogP contribution >= 0.6 is 7.92 Å². The molecule has 0 aromatic heterocycles. The van der Waals surface area contributed by atoms with Crippen molar-refractivity contribution in [1.29, 1.82) is 0 Å². The summed E-state index contributed by atoms with van der Waals surface area (Å²) < 4.78 is 0. The van der Waals surface area contributed by atoms with E-state index in [4.69, 9.17) is 0 Å². The van der Waals surface area contributed by atoms with Gasteiger partial charge >= 0.3 is 0 Å². The van der Waals surface area contributed by atoms with Gasteiger partial charge in [0.15, 0.2) is 0 Å². The van der Waals surface area contributed by atoms with Gasteiger partial charge in [-0.25, -0.2) is 0 Å². The molecule has 1 heteroatoms. The van der Waals surface area contributed by atoms with E-state index in [-0.39, 0.29) is 7.92 Å². The van der Waals surface area contributed by atoms with Crippen LogP contribution in [0.4, 0.5) is 0 Å². The Morgan fingerprint density at radius 3 is 1.00 bits per heavy atom. The van der Waals surface area contributed by atoms with Crippen LogP contribution in [0.1, 0.15) is 41.5 Å². The van der Waals surface area contributed by atoms with Crippen molar-refractivity contribution in [2.24, 2.45) is 17.8 Å². The summed E-state index contributed by atoms with van der Waals surface area (Å²) in [5.74, 6) is 2.73. The number of hydrogen-bond donors (Lipinski definition) is 0. The van der Waals surface area contributed by atoms with Crippen molar-refractivity contribution in [3.8, 4) is 0 Å². The van der Waals surface area contributed by atoms with Crippen LogP contribution in [-0.2, 0) is 0 Å². The second-order valence-corrected chi connectivity index (χ2v) is 8.27. The van der Waals surface area contributed by atoms with E-state index in [1.54, 1.807) is 0 Å². The Morgan fingerprint density at radius 1 is 0.615 bits per heavy atom. The minimum absolute atomic E-state index is 0.0432. The van der Waals surface area contributed by atoms with Gasteiger partial charge in [-0.2, -0.15) is 0 Å². The Balaban J connectivity index is 3.87. The highest BCUT2D eigenvalue weighted by atomic mass is 31.1. The molecule has 0 fully saturated rings. The van der Waals surface area contributed by atoms with Crippen LogP contribution in [-0.4, -0.2) is 18.5 Å². The van der Waals surface area contributed by atoms with Gasteiger partial charge in [-0.3, -0.25) is 0 Å². The first-order valence-corrected chi connectivity index (χ1v) is 7.87. The molecule has 0 aliphatic carbocycles. The molecule has 80 valence electrons. The highest BCUT2D eigenvalue weighted by Gasteiger charge is 2.20. The van der Waals surface area contributed by atoms with E-state index in [9.17, 15) is 0 Å². The van der Waals surface area contributed by atoms with Crippen LogP contribution in [0.5, 0.6) is 0 Å². The molecule has 0 aromatic rings. The molecule has 0 aliphatic heterocycles. The summed E-state index contributed by atoms with van der Waals surface area (Å²) in [5.41, 5.74) is 0. The smallest absolute Gasteiger partial charge is 0.0593 e. The Bertz CT molecular complexity index is 92.5. The Labute approximate surface area is 86.3 Å². The first-order chi connectivity index (χ1) is 5.91. The fourth-order valence-electron chi connectivity index (χ4n) is 1.98. The summed E-state index contributed by atoms with van der Waals surface area (Å²) >= 11 is 0. The maximum atomic E-state index is 2.37. The van der Waals surface area contributed by atoms with E-state index in [1.165, 1.54) is 18.5 Å². The first-order valence-electron chi connectivity index (χ1n) is 5.75. The highest BCUT2D eigenvalue weighted by molar-refractivity contribution is 7.57. The molecule has 13 heavy (non-hydrogen) atoms. The third kappa shape index (κ3) is 8.75. The third-order valence-electron chi connectivity index (χ3n) is 2.09. The van der Waals surface area contributed by atoms with Crippen LogP contribution in [0.15, 0.2) is 0 Å². The minimum atomic E-state index is -0.0432. The summed E-state index contributed by atoms with van der Waals surface area (Å²) in [6, 6.07) is 0. The van der Waals surface area contributed by atoms with Crippen LogP contribution in [0.2, 0.25) is 0 Å². The van der Waals surface area contributed by atoms with Crippen LogP contribution < -0.4 is 0 Å². The fourth-order valence-corrected chi connectivity index (χ4v) is 5.95. The average Bonchev–Trinajstić information content (AvgIpc) is 1.80. The molecule has 0 N–H and O–H groups in total. The van der Waals surface area contributed by atoms with Gasteiger partial charge in [0.25, 0.3) is 0 Å². The summed E-state index contributed by atoms with van der Waals surface area (Å²) in [7, 11) is -0.0432. The predicted molar refractivity (Wildman–Crippen MR) is 67.4 cm³/mol. The zero-order chi connectivity index (χ0) is 10.4. The monoisotopic (exact) mass is 203 g/mol. The van der Waals surface area contributed by atoms with Crippen LogP contribution in [0.3, 0.4) is 0 Å². The highest BCUT2D eigenvalue weighted by Crippen LogP contribution is 2.41. The van der Waals surface area contributed by atoms with Crippen molar-refractivity contribution >= 4 is 7.92 Å². The van der Waals surface area contributed by atoms with Gasteiger partial charge in [-0.1, -0.05) is 41.5 Å². The molecule has 0 bridgehead atoms. The Morgan fingerprint density at radius 2 is 0.846 bits per heavy atom. The van der Waals surface area contributed by atoms with E-state index in [0.717, 1.165) is 17.8 Å². The van der Waals surface area contributed by atoms with Crippen molar-refractivity contribution in [2.45, 2.75) is 41.5 Å². The number of hydrogen-bond acceptors (Lipinski definition) is 0. The van der Waals surface area contributed by atoms with Gasteiger partial charge < -0.3 is 0 Å². The standard InChI is InChI=1S/C12H27P/c1-10(2)7-13(8-11(3)4)9-12(5)6/h10-12H,7-9H2,1-6H3/p+1. The molecule has 0 saturated heterocycles. The summed E-state index contributed by atoms with van der Waals surface area (Å²) in [5, 5.41) is 0. The maximum absolute atomic E-state index is 2.37. The molecule has 0 radical (unpaired) electrons. The van der Waals surface area contributed by atoms with Crippen molar-refractivity contribution in [3.05, 3.63) is 0 Å². The molecule has 0 nitrogen and oxygen atoms in total. The molecule has 0 spiro atoms. The van der Waals surface area contributed by atoms with Gasteiger partial charge in [0.1, 0.15) is 0 Å². The molecule has 0 unspecified atom stereocenters. The van der Waals surface area contributed by atoms with Crippen LogP contribution in [0, 0.1) is 17.8 Å². The molecular formula is C12H28P+. The lowest BCUT2D eigenvalue weighted by atomic mass is 10.3. The first kappa shape index (κ1) is 13.4. The zero-order valence-corrected chi connectivity index (χ0v) is 11.4. The van der Waals surface area contributed by atoms with Crippen molar-refractivity contribution in [3.63, 3.8) is 0 Å². The van der Waals surface area contributed by atoms with Gasteiger partial charge in [0.05, 0.1) is 18.5 Å². The zero-order valence-electron chi connectivity index (χ0n) is 10.4. The third-order valence-corrected chi connectivity index (χ3v) is 6.27. The van der Waals surface area contributed by atoms with Crippen molar-refractivity contribution in [1.82, 2.24) is 0 Å². The summed E-state index contributed by atoms with van der Waals surface area (Å²) in [4.78, 5) is 0. The SMILES string of the molecule is CC(C)C[PH+](CC(C)C)CC(C)C. The predicted octanol–water partition coefficient (Wildman–Crippen LogP) is 4.17. The largest absolute Gasteiger partial charge is 0.0594 e. The topological polar surface area (TPSA) is 0 Å². The lowest BCUT2D eigenvalue weighted by Crippen LogP contribution is -2.07. The average molecular weight is 203 g/mol. The van der Waals surface area contributed by atoms with Gasteiger partial charge in [-0.15, -0.1) is 0 Å². The fraction of sp³-hybridized carbons (Fsp3) is 1.00. The van der Waals surface area contributed by atoms with E-state index >= 15 is 0 Å². The van der Waals surface area contributed by atoms with Crippen LogP contribution in [0.25, 0.3) is 0 Å². The normalized spacial score (nSPS) is 12.5. The van der Waals surface area contributed by atoms with E-state index in [1.807, 2.05) is 0 Å². The molecule has 0 heterocycles. The second-order valence-electron chi connectivity index (χ2n) is 5.54. The molecule has 0 saturated carbocycles. The Kier molecular flexibility index (Phi) is 7.05. The lowest BCUT2D eigenvalue weighted by Gasteiger charge is -2.16. The molecule has 0 aromatic carbocycles. The molecule has 0 atom stereocenters. The van der Waals surface area contributed by atoms with E-state index in [2.05, 4.69) is 41.5 Å². The maximum Gasteiger partial charge on any atom is 0.0594 e. The van der Waals surface area contributed by atoms with Crippen molar-refractivity contribution in [2.75, 3.05) is 18.5 Å². The Hall–Kier alpha value is 0.430. The second kappa shape index (κ2) is 6.82. The van der Waals surface area contributed by atoms with Gasteiger partial charge in [0, 0.05) is 7.92 Å². The molecule has 0 amide bonds. The van der Waals surface area contributed by atoms with Gasteiger partial charge in [-0.05, 0) is 17.8 Å². The van der Waals surface area contributed by atoms with E-state index in [0.29, 0.717) is 0 Å². The summed E-state index contributed by atoms with van der Waals surface area (Å²) in [6.45, 7) is 14.2. The lowest BCUT2D eigenvalue weighted by molar-refractivity contribution is 0.695. The quantitative estimate of drug-likeness (QED) is 0.568. The summed E-state index contributed by atoms with van der Waals surface area (Å²) in [6.07, 6.45) is 4.54.